The molecule has 1 spiro atoms. The van der Waals surface area contributed by atoms with Crippen molar-refractivity contribution in [1.29, 1.82) is 0 Å². The molecule has 0 unspecified atom stereocenters. The van der Waals surface area contributed by atoms with Crippen molar-refractivity contribution in [3.63, 3.8) is 0 Å². The minimum atomic E-state index is -0.526. The van der Waals surface area contributed by atoms with Crippen LogP contribution in [0.2, 0.25) is 0 Å². The topological polar surface area (TPSA) is 89.5 Å². The van der Waals surface area contributed by atoms with Crippen LogP contribution in [0.5, 0.6) is 0 Å². The first kappa shape index (κ1) is 17.0. The molecule has 2 atom stereocenters. The van der Waals surface area contributed by atoms with Gasteiger partial charge in [-0.1, -0.05) is 0 Å². The molecule has 1 amide bonds. The minimum Gasteiger partial charge on any atom is -0.377 e. The number of amides is 1. The molecule has 8 heteroatoms. The molecule has 4 heterocycles. The van der Waals surface area contributed by atoms with Gasteiger partial charge in [0.25, 0.3) is 11.5 Å². The number of nitrogens with zero attached hydrogens (tertiary/aromatic N) is 3. The molecule has 4 rings (SSSR count). The summed E-state index contributed by atoms with van der Waals surface area (Å²) in [6.45, 7) is 2.37. The third kappa shape index (κ3) is 3.42. The Hall–Kier alpha value is -2.45. The van der Waals surface area contributed by atoms with E-state index in [2.05, 4.69) is 10.1 Å². The first-order chi connectivity index (χ1) is 12.7. The summed E-state index contributed by atoms with van der Waals surface area (Å²) in [4.78, 5) is 29.3. The highest BCUT2D eigenvalue weighted by Crippen LogP contribution is 2.33. The Kier molecular flexibility index (Phi) is 4.60. The van der Waals surface area contributed by atoms with Crippen molar-refractivity contribution in [1.82, 2.24) is 19.7 Å². The lowest BCUT2D eigenvalue weighted by molar-refractivity contribution is -0.0883. The van der Waals surface area contributed by atoms with Crippen LogP contribution in [0.25, 0.3) is 0 Å². The lowest BCUT2D eigenvalue weighted by Crippen LogP contribution is -2.47. The van der Waals surface area contributed by atoms with E-state index in [1.165, 1.54) is 10.7 Å². The molecule has 2 aromatic rings. The Morgan fingerprint density at radius 2 is 2.31 bits per heavy atom. The van der Waals surface area contributed by atoms with Crippen LogP contribution < -0.4 is 5.56 Å². The summed E-state index contributed by atoms with van der Waals surface area (Å²) in [5.41, 5.74) is -0.101. The molecule has 2 aliphatic rings. The van der Waals surface area contributed by atoms with E-state index in [1.54, 1.807) is 29.4 Å². The van der Waals surface area contributed by atoms with Gasteiger partial charge in [0.05, 0.1) is 32.4 Å². The smallest absolute Gasteiger partial charge is 0.270 e. The van der Waals surface area contributed by atoms with Crippen LogP contribution in [-0.2, 0) is 16.0 Å². The second kappa shape index (κ2) is 7.05. The van der Waals surface area contributed by atoms with E-state index >= 15 is 0 Å². The number of carbonyl (C=O) groups is 1. The zero-order valence-electron chi connectivity index (χ0n) is 14.5. The quantitative estimate of drug-likeness (QED) is 0.871. The monoisotopic (exact) mass is 358 g/mol. The fraction of sp³-hybridized carbons (Fsp3) is 0.500. The number of ether oxygens (including phenoxy) is 2. The van der Waals surface area contributed by atoms with Crippen LogP contribution in [-0.4, -0.2) is 63.6 Å². The molecule has 0 aromatic carbocycles. The Morgan fingerprint density at radius 3 is 3.12 bits per heavy atom. The molecular formula is C18H22N4O4. The molecule has 0 radical (unpaired) electrons. The fourth-order valence-corrected chi connectivity index (χ4v) is 3.68. The molecule has 26 heavy (non-hydrogen) atoms. The molecule has 2 aliphatic heterocycles. The number of hydrogen-bond donors (Lipinski definition) is 1. The van der Waals surface area contributed by atoms with Gasteiger partial charge in [0, 0.05) is 25.0 Å². The van der Waals surface area contributed by atoms with Gasteiger partial charge in [-0.05, 0) is 31.0 Å². The maximum atomic E-state index is 12.7. The van der Waals surface area contributed by atoms with E-state index in [9.17, 15) is 9.59 Å². The van der Waals surface area contributed by atoms with Crippen LogP contribution in [0.3, 0.4) is 0 Å². The molecule has 2 fully saturated rings. The number of aromatic amines is 1. The van der Waals surface area contributed by atoms with E-state index in [1.807, 2.05) is 6.07 Å². The van der Waals surface area contributed by atoms with Crippen LogP contribution in [0.4, 0.5) is 0 Å². The summed E-state index contributed by atoms with van der Waals surface area (Å²) in [5, 5.41) is 4.10. The van der Waals surface area contributed by atoms with Crippen molar-refractivity contribution in [2.75, 3.05) is 26.3 Å². The zero-order valence-corrected chi connectivity index (χ0v) is 14.5. The summed E-state index contributed by atoms with van der Waals surface area (Å²) in [5.74, 6) is -0.0483. The second-order valence-electron chi connectivity index (χ2n) is 6.87. The number of H-pyrrole nitrogens is 1. The summed E-state index contributed by atoms with van der Waals surface area (Å²) < 4.78 is 13.5. The molecule has 2 saturated heterocycles. The molecule has 1 N–H and O–H groups in total. The summed E-state index contributed by atoms with van der Waals surface area (Å²) in [7, 11) is 0. The largest absolute Gasteiger partial charge is 0.377 e. The van der Waals surface area contributed by atoms with Crippen LogP contribution in [0.15, 0.2) is 41.5 Å². The second-order valence-corrected chi connectivity index (χ2v) is 6.87. The van der Waals surface area contributed by atoms with Gasteiger partial charge in [-0.25, -0.2) is 4.68 Å². The van der Waals surface area contributed by atoms with Gasteiger partial charge < -0.3 is 19.4 Å². The lowest BCUT2D eigenvalue weighted by atomic mass is 10.00. The number of aromatic nitrogens is 3. The van der Waals surface area contributed by atoms with Gasteiger partial charge in [-0.2, -0.15) is 5.10 Å². The Bertz CT molecular complexity index is 819. The third-order valence-electron chi connectivity index (χ3n) is 4.97. The normalized spacial score (nSPS) is 26.2. The zero-order chi connectivity index (χ0) is 18.0. The number of rotatable bonds is 3. The van der Waals surface area contributed by atoms with Gasteiger partial charge >= 0.3 is 0 Å². The number of nitrogens with one attached hydrogen (secondary N) is 1. The van der Waals surface area contributed by atoms with E-state index in [0.717, 1.165) is 12.8 Å². The molecule has 0 bridgehead atoms. The number of hydrogen-bond acceptors (Lipinski definition) is 5. The van der Waals surface area contributed by atoms with Gasteiger partial charge in [0.1, 0.15) is 11.3 Å². The molecule has 0 saturated carbocycles. The van der Waals surface area contributed by atoms with Crippen molar-refractivity contribution >= 4 is 5.91 Å². The Labute approximate surface area is 150 Å². The van der Waals surface area contributed by atoms with Crippen molar-refractivity contribution in [3.8, 4) is 0 Å². The average molecular weight is 358 g/mol. The summed E-state index contributed by atoms with van der Waals surface area (Å²) in [6, 6.07) is 6.69. The Balaban J connectivity index is 1.46. The lowest BCUT2D eigenvalue weighted by Gasteiger charge is -2.31. The van der Waals surface area contributed by atoms with Crippen LogP contribution >= 0.6 is 0 Å². The predicted octanol–water partition coefficient (Wildman–Crippen LogP) is 0.662. The van der Waals surface area contributed by atoms with E-state index in [4.69, 9.17) is 9.47 Å². The maximum Gasteiger partial charge on any atom is 0.270 e. The van der Waals surface area contributed by atoms with Crippen molar-refractivity contribution in [2.45, 2.75) is 31.1 Å². The van der Waals surface area contributed by atoms with Crippen molar-refractivity contribution in [2.24, 2.45) is 0 Å². The van der Waals surface area contributed by atoms with Gasteiger partial charge in [-0.3, -0.25) is 9.59 Å². The third-order valence-corrected chi connectivity index (χ3v) is 4.97. The summed E-state index contributed by atoms with van der Waals surface area (Å²) in [6.07, 6.45) is 4.80. The van der Waals surface area contributed by atoms with Crippen LogP contribution in [0, 0.1) is 0 Å². The highest BCUT2D eigenvalue weighted by atomic mass is 16.6. The molecular weight excluding hydrogens is 336 g/mol. The average Bonchev–Trinajstić information content (AvgIpc) is 3.25. The summed E-state index contributed by atoms with van der Waals surface area (Å²) >= 11 is 0. The highest BCUT2D eigenvalue weighted by molar-refractivity contribution is 5.92. The maximum absolute atomic E-state index is 12.7. The molecule has 2 aromatic heterocycles. The minimum absolute atomic E-state index is 0.0483. The standard InChI is InChI=1S/C18H22N4O4/c23-16-4-2-8-20-22(16)11-14-5-6-18(26-14)12-21(9-10-25-13-18)17(24)15-3-1-7-19-15/h1-4,7-8,14,19H,5-6,9-13H2/t14-,18-/m0/s1. The van der Waals surface area contributed by atoms with Crippen LogP contribution in [0.1, 0.15) is 23.3 Å². The van der Waals surface area contributed by atoms with Crippen molar-refractivity contribution < 1.29 is 14.3 Å². The van der Waals surface area contributed by atoms with Crippen molar-refractivity contribution in [3.05, 3.63) is 52.7 Å². The first-order valence-corrected chi connectivity index (χ1v) is 8.86. The van der Waals surface area contributed by atoms with Gasteiger partial charge in [-0.15, -0.1) is 0 Å². The predicted molar refractivity (Wildman–Crippen MR) is 92.9 cm³/mol. The van der Waals surface area contributed by atoms with E-state index < -0.39 is 5.60 Å². The van der Waals surface area contributed by atoms with E-state index in [-0.39, 0.29) is 17.6 Å². The molecule has 138 valence electrons. The van der Waals surface area contributed by atoms with E-state index in [0.29, 0.717) is 38.5 Å². The molecule has 0 aliphatic carbocycles. The first-order valence-electron chi connectivity index (χ1n) is 8.86. The SMILES string of the molecule is O=C(c1ccc[nH]1)N1CCOC[C@]2(CC[C@@H](Cn3ncccc3=O)O2)C1. The molecule has 8 nitrogen and oxygen atoms in total. The van der Waals surface area contributed by atoms with Gasteiger partial charge in [0.15, 0.2) is 0 Å². The highest BCUT2D eigenvalue weighted by Gasteiger charge is 2.44. The van der Waals surface area contributed by atoms with Gasteiger partial charge in [0.2, 0.25) is 0 Å². The Morgan fingerprint density at radius 1 is 1.38 bits per heavy atom. The fourth-order valence-electron chi connectivity index (χ4n) is 3.68. The number of carbonyl (C=O) groups excluding carboxylic acids is 1.